The van der Waals surface area contributed by atoms with Crippen molar-refractivity contribution in [3.63, 3.8) is 0 Å². The van der Waals surface area contributed by atoms with E-state index in [9.17, 15) is 4.79 Å². The molecule has 0 saturated carbocycles. The van der Waals surface area contributed by atoms with Crippen LogP contribution < -0.4 is 10.2 Å². The topological polar surface area (TPSA) is 79.4 Å². The van der Waals surface area contributed by atoms with Crippen LogP contribution in [-0.4, -0.2) is 22.3 Å². The Hall–Kier alpha value is -4.45. The molecule has 4 aromatic rings. The van der Waals surface area contributed by atoms with Gasteiger partial charge in [-0.05, 0) is 35.4 Å². The molecule has 0 saturated heterocycles. The van der Waals surface area contributed by atoms with Gasteiger partial charge in [0.1, 0.15) is 18.1 Å². The second-order valence-electron chi connectivity index (χ2n) is 6.96. The fraction of sp³-hybridized carbons (Fsp3) is 0.0385. The van der Waals surface area contributed by atoms with Gasteiger partial charge < -0.3 is 4.74 Å². The molecule has 1 amide bonds. The lowest BCUT2D eigenvalue weighted by molar-refractivity contribution is 0.0950. The van der Waals surface area contributed by atoms with E-state index in [1.807, 2.05) is 91.0 Å². The van der Waals surface area contributed by atoms with E-state index in [4.69, 9.17) is 4.74 Å². The van der Waals surface area contributed by atoms with Crippen molar-refractivity contribution in [1.82, 2.24) is 15.6 Å². The number of nitrogens with zero attached hydrogens (tertiary/aromatic N) is 2. The first-order valence-electron chi connectivity index (χ1n) is 10.2. The zero-order valence-corrected chi connectivity index (χ0v) is 17.3. The van der Waals surface area contributed by atoms with E-state index >= 15 is 0 Å². The summed E-state index contributed by atoms with van der Waals surface area (Å²) in [7, 11) is 0. The van der Waals surface area contributed by atoms with Gasteiger partial charge in [0.15, 0.2) is 0 Å². The summed E-state index contributed by atoms with van der Waals surface area (Å²) in [5.74, 6) is 0.361. The van der Waals surface area contributed by atoms with Gasteiger partial charge in [-0.25, -0.2) is 5.43 Å². The van der Waals surface area contributed by atoms with Crippen LogP contribution in [0.1, 0.15) is 21.6 Å². The largest absolute Gasteiger partial charge is 0.489 e. The van der Waals surface area contributed by atoms with Crippen LogP contribution in [0.25, 0.3) is 17.3 Å². The van der Waals surface area contributed by atoms with Gasteiger partial charge in [-0.3, -0.25) is 9.89 Å². The zero-order chi connectivity index (χ0) is 22.0. The molecule has 32 heavy (non-hydrogen) atoms. The van der Waals surface area contributed by atoms with E-state index in [0.29, 0.717) is 18.0 Å². The monoisotopic (exact) mass is 422 g/mol. The van der Waals surface area contributed by atoms with Gasteiger partial charge in [-0.2, -0.15) is 10.2 Å². The highest BCUT2D eigenvalue weighted by Gasteiger charge is 2.11. The number of aromatic nitrogens is 2. The van der Waals surface area contributed by atoms with E-state index in [2.05, 4.69) is 20.7 Å². The van der Waals surface area contributed by atoms with Gasteiger partial charge in [0.25, 0.3) is 5.91 Å². The van der Waals surface area contributed by atoms with Crippen molar-refractivity contribution in [2.45, 2.75) is 6.61 Å². The number of carbonyl (C=O) groups excluding carboxylic acids is 1. The molecule has 0 aliphatic carbocycles. The number of hydrogen-bond donors (Lipinski definition) is 2. The molecule has 1 heterocycles. The van der Waals surface area contributed by atoms with Crippen molar-refractivity contribution < 1.29 is 9.53 Å². The molecule has 158 valence electrons. The van der Waals surface area contributed by atoms with E-state index < -0.39 is 0 Å². The van der Waals surface area contributed by atoms with Crippen LogP contribution in [0.15, 0.2) is 102 Å². The molecule has 0 spiro atoms. The molecule has 3 aromatic carbocycles. The van der Waals surface area contributed by atoms with Gasteiger partial charge in [0.2, 0.25) is 0 Å². The molecular weight excluding hydrogens is 400 g/mol. The molecule has 6 heteroatoms. The molecule has 0 atom stereocenters. The number of H-pyrrole nitrogens is 1. The third-order valence-corrected chi connectivity index (χ3v) is 4.62. The van der Waals surface area contributed by atoms with E-state index in [-0.39, 0.29) is 5.91 Å². The highest BCUT2D eigenvalue weighted by Crippen LogP contribution is 2.23. The minimum absolute atomic E-state index is 0.319. The summed E-state index contributed by atoms with van der Waals surface area (Å²) in [6.45, 7) is 0.481. The second kappa shape index (κ2) is 10.5. The van der Waals surface area contributed by atoms with Crippen molar-refractivity contribution in [1.29, 1.82) is 0 Å². The van der Waals surface area contributed by atoms with Crippen molar-refractivity contribution >= 4 is 18.2 Å². The molecule has 0 aliphatic rings. The van der Waals surface area contributed by atoms with Crippen LogP contribution in [0.5, 0.6) is 5.75 Å². The maximum Gasteiger partial charge on any atom is 0.289 e. The number of benzene rings is 3. The summed E-state index contributed by atoms with van der Waals surface area (Å²) in [6.07, 6.45) is 5.18. The normalized spacial score (nSPS) is 11.1. The maximum absolute atomic E-state index is 12.3. The van der Waals surface area contributed by atoms with Crippen molar-refractivity contribution in [3.8, 4) is 17.0 Å². The molecule has 0 unspecified atom stereocenters. The Labute approximate surface area is 186 Å². The Bertz CT molecular complexity index is 1210. The van der Waals surface area contributed by atoms with Crippen LogP contribution in [0.2, 0.25) is 0 Å². The number of hydrazone groups is 1. The third-order valence-electron chi connectivity index (χ3n) is 4.62. The third kappa shape index (κ3) is 5.79. The van der Waals surface area contributed by atoms with Crippen molar-refractivity contribution in [3.05, 3.63) is 114 Å². The minimum Gasteiger partial charge on any atom is -0.489 e. The number of aromatic amines is 1. The zero-order valence-electron chi connectivity index (χ0n) is 17.3. The molecule has 4 rings (SSSR count). The number of nitrogens with one attached hydrogen (secondary N) is 2. The van der Waals surface area contributed by atoms with Crippen LogP contribution in [0, 0.1) is 0 Å². The molecule has 0 fully saturated rings. The number of hydrogen-bond acceptors (Lipinski definition) is 4. The first-order chi connectivity index (χ1) is 15.8. The molecule has 0 aliphatic heterocycles. The van der Waals surface area contributed by atoms with Crippen LogP contribution in [-0.2, 0) is 6.61 Å². The average molecular weight is 422 g/mol. The fourth-order valence-electron chi connectivity index (χ4n) is 2.99. The Morgan fingerprint density at radius 1 is 0.969 bits per heavy atom. The first-order valence-corrected chi connectivity index (χ1v) is 10.2. The number of carbonyl (C=O) groups is 1. The fourth-order valence-corrected chi connectivity index (χ4v) is 2.99. The maximum atomic E-state index is 12.3. The van der Waals surface area contributed by atoms with Gasteiger partial charge in [-0.15, -0.1) is 0 Å². The Balaban J connectivity index is 1.34. The first kappa shape index (κ1) is 20.8. The highest BCUT2D eigenvalue weighted by molar-refractivity contribution is 5.94. The van der Waals surface area contributed by atoms with Gasteiger partial charge >= 0.3 is 0 Å². The summed E-state index contributed by atoms with van der Waals surface area (Å²) in [4.78, 5) is 12.3. The molecular formula is C26H22N4O2. The summed E-state index contributed by atoms with van der Waals surface area (Å²) in [5.41, 5.74) is 6.44. The van der Waals surface area contributed by atoms with Crippen molar-refractivity contribution in [2.75, 3.05) is 0 Å². The molecule has 1 aromatic heterocycles. The van der Waals surface area contributed by atoms with E-state index in [0.717, 1.165) is 22.4 Å². The SMILES string of the molecule is O=C(N/N=C/C=C/c1ccccc1)c1cc(-c2cccc(OCc3ccccc3)c2)n[nH]1. The van der Waals surface area contributed by atoms with Gasteiger partial charge in [0.05, 0.1) is 5.69 Å². The van der Waals surface area contributed by atoms with Crippen LogP contribution in [0.4, 0.5) is 0 Å². The second-order valence-corrected chi connectivity index (χ2v) is 6.96. The number of rotatable bonds is 8. The number of amides is 1. The average Bonchev–Trinajstić information content (AvgIpc) is 3.35. The standard InChI is InChI=1S/C26H22N4O2/c31-26(30-27-16-8-13-20-9-3-1-4-10-20)25-18-24(28-29-25)22-14-7-15-23(17-22)32-19-21-11-5-2-6-12-21/h1-18H,19H2,(H,28,29)(H,30,31)/b13-8+,27-16+. The molecule has 6 nitrogen and oxygen atoms in total. The summed E-state index contributed by atoms with van der Waals surface area (Å²) in [5, 5.41) is 10.9. The quantitative estimate of drug-likeness (QED) is 0.307. The Morgan fingerprint density at radius 3 is 2.56 bits per heavy atom. The lowest BCUT2D eigenvalue weighted by Gasteiger charge is -2.07. The summed E-state index contributed by atoms with van der Waals surface area (Å²) < 4.78 is 5.87. The molecule has 2 N–H and O–H groups in total. The Kier molecular flexibility index (Phi) is 6.85. The molecule has 0 bridgehead atoms. The smallest absolute Gasteiger partial charge is 0.289 e. The van der Waals surface area contributed by atoms with E-state index in [1.165, 1.54) is 6.21 Å². The van der Waals surface area contributed by atoms with Crippen LogP contribution in [0.3, 0.4) is 0 Å². The number of allylic oxidation sites excluding steroid dienone is 1. The molecule has 0 radical (unpaired) electrons. The predicted molar refractivity (Wildman–Crippen MR) is 126 cm³/mol. The van der Waals surface area contributed by atoms with Gasteiger partial charge in [-0.1, -0.05) is 78.9 Å². The van der Waals surface area contributed by atoms with E-state index in [1.54, 1.807) is 12.1 Å². The van der Waals surface area contributed by atoms with Gasteiger partial charge in [0, 0.05) is 11.8 Å². The number of ether oxygens (including phenoxy) is 1. The lowest BCUT2D eigenvalue weighted by Crippen LogP contribution is -2.17. The summed E-state index contributed by atoms with van der Waals surface area (Å²) >= 11 is 0. The summed E-state index contributed by atoms with van der Waals surface area (Å²) in [6, 6.07) is 29.1. The minimum atomic E-state index is -0.371. The van der Waals surface area contributed by atoms with Crippen molar-refractivity contribution in [2.24, 2.45) is 5.10 Å². The predicted octanol–water partition coefficient (Wildman–Crippen LogP) is 5.08. The highest BCUT2D eigenvalue weighted by atomic mass is 16.5. The lowest BCUT2D eigenvalue weighted by atomic mass is 10.1. The van der Waals surface area contributed by atoms with Crippen LogP contribution >= 0.6 is 0 Å². The Morgan fingerprint density at radius 2 is 1.75 bits per heavy atom.